The van der Waals surface area contributed by atoms with Crippen LogP contribution in [0.1, 0.15) is 30.9 Å². The van der Waals surface area contributed by atoms with E-state index in [-0.39, 0.29) is 23.7 Å². The number of nitrogens with two attached hydrogens (primary N) is 1. The molecule has 1 aromatic carbocycles. The number of hydrogen-bond donors (Lipinski definition) is 2. The van der Waals surface area contributed by atoms with E-state index in [0.29, 0.717) is 17.9 Å². The highest BCUT2D eigenvalue weighted by atomic mass is 19.1. The minimum atomic E-state index is -0.590. The Kier molecular flexibility index (Phi) is 6.50. The Labute approximate surface area is 215 Å². The highest BCUT2D eigenvalue weighted by Crippen LogP contribution is 2.34. The lowest BCUT2D eigenvalue weighted by Crippen LogP contribution is -2.54. The monoisotopic (exact) mass is 499 g/mol. The number of carbonyl (C=O) groups is 2. The Balaban J connectivity index is 1.36. The minimum absolute atomic E-state index is 0.0900. The third-order valence-corrected chi connectivity index (χ3v) is 7.51. The van der Waals surface area contributed by atoms with Crippen LogP contribution in [0.3, 0.4) is 0 Å². The van der Waals surface area contributed by atoms with Gasteiger partial charge in [0.25, 0.3) is 5.91 Å². The van der Waals surface area contributed by atoms with E-state index in [1.54, 1.807) is 25.3 Å². The lowest BCUT2D eigenvalue weighted by molar-refractivity contribution is -0.123. The molecule has 3 N–H and O–H groups in total. The summed E-state index contributed by atoms with van der Waals surface area (Å²) >= 11 is 0. The maximum Gasteiger partial charge on any atom is 0.287 e. The Morgan fingerprint density at radius 1 is 1.27 bits per heavy atom. The number of aryl methyl sites for hydroxylation is 1. The molecule has 1 aromatic heterocycles. The van der Waals surface area contributed by atoms with Crippen LogP contribution in [0.25, 0.3) is 16.8 Å². The van der Waals surface area contributed by atoms with Crippen molar-refractivity contribution >= 4 is 23.2 Å². The molecule has 0 saturated heterocycles. The molecule has 2 aliphatic heterocycles. The van der Waals surface area contributed by atoms with E-state index in [2.05, 4.69) is 27.9 Å². The largest absolute Gasteiger partial charge is 0.369 e. The number of allylic oxidation sites excluding steroid dienone is 2. The van der Waals surface area contributed by atoms with Gasteiger partial charge in [0.1, 0.15) is 5.82 Å². The van der Waals surface area contributed by atoms with E-state index >= 15 is 0 Å². The fourth-order valence-corrected chi connectivity index (χ4v) is 5.42. The number of nitrogens with one attached hydrogen (secondary N) is 1. The van der Waals surface area contributed by atoms with Gasteiger partial charge in [-0.3, -0.25) is 19.6 Å². The zero-order valence-corrected chi connectivity index (χ0v) is 20.9. The second kappa shape index (κ2) is 9.76. The van der Waals surface area contributed by atoms with Crippen LogP contribution in [-0.4, -0.2) is 46.2 Å². The van der Waals surface area contributed by atoms with Crippen LogP contribution >= 0.6 is 0 Å². The predicted octanol–water partition coefficient (Wildman–Crippen LogP) is 3.76. The average molecular weight is 500 g/mol. The fraction of sp³-hybridized carbons (Fsp3) is 0.310. The van der Waals surface area contributed by atoms with Crippen molar-refractivity contribution in [1.29, 1.82) is 0 Å². The lowest BCUT2D eigenvalue weighted by Gasteiger charge is -2.37. The molecule has 2 unspecified atom stereocenters. The maximum absolute atomic E-state index is 13.8. The van der Waals surface area contributed by atoms with Gasteiger partial charge >= 0.3 is 0 Å². The zero-order valence-electron chi connectivity index (χ0n) is 20.9. The first kappa shape index (κ1) is 24.6. The molecule has 0 radical (unpaired) electrons. The van der Waals surface area contributed by atoms with E-state index in [1.165, 1.54) is 6.07 Å². The summed E-state index contributed by atoms with van der Waals surface area (Å²) in [6, 6.07) is 8.29. The number of pyridine rings is 1. The van der Waals surface area contributed by atoms with Crippen LogP contribution in [0.4, 0.5) is 4.39 Å². The van der Waals surface area contributed by atoms with Gasteiger partial charge in [0.15, 0.2) is 5.84 Å². The molecule has 0 spiro atoms. The number of halogens is 1. The van der Waals surface area contributed by atoms with Crippen LogP contribution in [-0.2, 0) is 9.59 Å². The number of aliphatic imine (C=N–C) groups is 1. The van der Waals surface area contributed by atoms with Crippen molar-refractivity contribution < 1.29 is 14.0 Å². The van der Waals surface area contributed by atoms with Gasteiger partial charge in [0, 0.05) is 29.6 Å². The van der Waals surface area contributed by atoms with Crippen molar-refractivity contribution in [1.82, 2.24) is 15.2 Å². The number of nitrogens with zero attached hydrogens (tertiary/aromatic N) is 3. The van der Waals surface area contributed by atoms with Crippen LogP contribution in [0, 0.1) is 24.6 Å². The van der Waals surface area contributed by atoms with Crippen LogP contribution < -0.4 is 11.1 Å². The molecule has 1 aliphatic carbocycles. The van der Waals surface area contributed by atoms with Crippen LogP contribution in [0.2, 0.25) is 0 Å². The first-order valence-corrected chi connectivity index (χ1v) is 12.5. The number of amidine groups is 1. The van der Waals surface area contributed by atoms with Crippen molar-refractivity contribution in [3.63, 3.8) is 0 Å². The quantitative estimate of drug-likeness (QED) is 0.612. The number of benzene rings is 1. The topological polar surface area (TPSA) is 101 Å². The van der Waals surface area contributed by atoms with Crippen molar-refractivity contribution in [2.24, 2.45) is 22.6 Å². The maximum atomic E-state index is 13.8. The lowest BCUT2D eigenvalue weighted by atomic mass is 9.74. The molecule has 4 atom stereocenters. The summed E-state index contributed by atoms with van der Waals surface area (Å²) in [4.78, 5) is 36.3. The Morgan fingerprint density at radius 3 is 2.84 bits per heavy atom. The van der Waals surface area contributed by atoms with Gasteiger partial charge in [-0.15, -0.1) is 0 Å². The average Bonchev–Trinajstić information content (AvgIpc) is 3.31. The fourth-order valence-electron chi connectivity index (χ4n) is 5.42. The molecule has 8 heteroatoms. The van der Waals surface area contributed by atoms with E-state index in [9.17, 15) is 14.0 Å². The van der Waals surface area contributed by atoms with Crippen molar-refractivity contribution in [2.75, 3.05) is 6.54 Å². The number of hydrogen-bond acceptors (Lipinski definition) is 5. The van der Waals surface area contributed by atoms with E-state index in [0.717, 1.165) is 40.8 Å². The molecule has 3 aliphatic rings. The molecular weight excluding hydrogens is 469 g/mol. The second-order valence-electron chi connectivity index (χ2n) is 9.99. The third kappa shape index (κ3) is 4.59. The van der Waals surface area contributed by atoms with E-state index in [4.69, 9.17) is 5.73 Å². The molecule has 7 nitrogen and oxygen atoms in total. The van der Waals surface area contributed by atoms with Crippen molar-refractivity contribution in [3.8, 4) is 11.3 Å². The Hall–Kier alpha value is -4.07. The molecule has 1 fully saturated rings. The van der Waals surface area contributed by atoms with Crippen LogP contribution in [0.15, 0.2) is 72.0 Å². The molecule has 3 heterocycles. The smallest absolute Gasteiger partial charge is 0.287 e. The number of carbonyl (C=O) groups excluding carboxylic acids is 2. The number of aromatic nitrogens is 1. The minimum Gasteiger partial charge on any atom is -0.369 e. The number of primary amides is 1. The molecular formula is C29H30FN5O2. The van der Waals surface area contributed by atoms with Gasteiger partial charge in [-0.1, -0.05) is 31.2 Å². The molecule has 5 rings (SSSR count). The van der Waals surface area contributed by atoms with Gasteiger partial charge in [-0.05, 0) is 67.2 Å². The summed E-state index contributed by atoms with van der Waals surface area (Å²) in [5.74, 6) is -1.24. The van der Waals surface area contributed by atoms with Crippen LogP contribution in [0.5, 0.6) is 0 Å². The highest BCUT2D eigenvalue weighted by Gasteiger charge is 2.40. The second-order valence-corrected chi connectivity index (χ2v) is 9.99. The summed E-state index contributed by atoms with van der Waals surface area (Å²) in [5.41, 5.74) is 10.4. The van der Waals surface area contributed by atoms with Crippen molar-refractivity contribution in [3.05, 3.63) is 84.0 Å². The Bertz CT molecular complexity index is 1380. The number of fused-ring (bicyclic) bond motifs is 1. The SMILES string of the molecule is C=C1CCC(C)[C@@H](NC(=O)C2=NCC3C=C(c4cccnc4-c4ccc(F)c(C)c4)C=CN23)[C@H]1C(N)=O. The Morgan fingerprint density at radius 2 is 2.08 bits per heavy atom. The van der Waals surface area contributed by atoms with Crippen molar-refractivity contribution in [2.45, 2.75) is 38.8 Å². The zero-order chi connectivity index (χ0) is 26.3. The van der Waals surface area contributed by atoms with E-state index in [1.807, 2.05) is 36.2 Å². The standard InChI is InChI=1S/C29H30FN5O2/c1-16-6-7-17(2)25(24(16)27(31)36)34-29(37)28-33-15-21-14-19(10-12-35(21)28)22-5-4-11-32-26(22)20-8-9-23(30)18(3)13-20/h4-5,8-14,17,21,24-25H,1,6-7,15H2,2-3H3,(H2,31,36)(H,34,37)/t17?,21?,24-,25+/m0/s1. The third-order valence-electron chi connectivity index (χ3n) is 7.51. The van der Waals surface area contributed by atoms with Gasteiger partial charge in [0.05, 0.1) is 24.2 Å². The summed E-state index contributed by atoms with van der Waals surface area (Å²) in [6.45, 7) is 8.18. The summed E-state index contributed by atoms with van der Waals surface area (Å²) in [6.07, 6.45) is 9.13. The first-order chi connectivity index (χ1) is 17.7. The molecule has 0 bridgehead atoms. The molecule has 190 valence electrons. The van der Waals surface area contributed by atoms with Gasteiger partial charge < -0.3 is 16.0 Å². The summed E-state index contributed by atoms with van der Waals surface area (Å²) in [5, 5.41) is 3.02. The van der Waals surface area contributed by atoms with Gasteiger partial charge in [-0.2, -0.15) is 0 Å². The highest BCUT2D eigenvalue weighted by molar-refractivity contribution is 6.38. The molecule has 2 amide bonds. The first-order valence-electron chi connectivity index (χ1n) is 12.5. The summed E-state index contributed by atoms with van der Waals surface area (Å²) in [7, 11) is 0. The van der Waals surface area contributed by atoms with E-state index < -0.39 is 17.9 Å². The molecule has 1 saturated carbocycles. The normalized spacial score (nSPS) is 24.8. The number of rotatable bonds is 5. The predicted molar refractivity (Wildman–Crippen MR) is 142 cm³/mol. The summed E-state index contributed by atoms with van der Waals surface area (Å²) < 4.78 is 13.8. The molecule has 2 aromatic rings. The van der Waals surface area contributed by atoms with Gasteiger partial charge in [0.2, 0.25) is 5.91 Å². The molecule has 37 heavy (non-hydrogen) atoms. The number of amides is 2. The van der Waals surface area contributed by atoms with Gasteiger partial charge in [-0.25, -0.2) is 4.39 Å².